The number of hydrogen-bond donors (Lipinski definition) is 4. The third-order valence-corrected chi connectivity index (χ3v) is 10.7. The van der Waals surface area contributed by atoms with Gasteiger partial charge in [-0.05, 0) is 93.9 Å². The third-order valence-electron chi connectivity index (χ3n) is 10.7. The highest BCUT2D eigenvalue weighted by Crippen LogP contribution is 2.67. The Morgan fingerprint density at radius 2 is 1.62 bits per heavy atom. The zero-order valence-electron chi connectivity index (χ0n) is 29.0. The Labute approximate surface area is 278 Å². The number of carboxylic acid groups (broad SMARTS) is 1. The number of Topliss-reactive ketones (excluding diaryl/α,β-unsaturated/α-hetero) is 1. The number of aliphatic hydroxyl groups is 1. The number of rotatable bonds is 10. The molecule has 1 saturated heterocycles. The van der Waals surface area contributed by atoms with Crippen LogP contribution < -0.4 is 4.74 Å². The minimum atomic E-state index is -1.38. The van der Waals surface area contributed by atoms with Gasteiger partial charge >= 0.3 is 5.97 Å². The van der Waals surface area contributed by atoms with Gasteiger partial charge in [-0.15, -0.1) is 0 Å². The lowest BCUT2D eigenvalue weighted by Crippen LogP contribution is -2.62. The van der Waals surface area contributed by atoms with E-state index in [0.29, 0.717) is 17.6 Å². The molecule has 4 N–H and O–H groups in total. The lowest BCUT2D eigenvalue weighted by atomic mass is 9.60. The van der Waals surface area contributed by atoms with Gasteiger partial charge in [-0.2, -0.15) is 0 Å². The molecule has 3 aliphatic carbocycles. The Bertz CT molecular complexity index is 1640. The number of phenols is 2. The highest BCUT2D eigenvalue weighted by Gasteiger charge is 2.76. The van der Waals surface area contributed by atoms with E-state index in [1.165, 1.54) is 12.5 Å². The van der Waals surface area contributed by atoms with Crippen LogP contribution in [0.5, 0.6) is 17.2 Å². The number of carbonyl (C=O) groups is 2. The van der Waals surface area contributed by atoms with Crippen LogP contribution in [0, 0.1) is 11.8 Å². The van der Waals surface area contributed by atoms with Crippen LogP contribution in [0.3, 0.4) is 0 Å². The van der Waals surface area contributed by atoms with Gasteiger partial charge in [0.25, 0.3) is 0 Å². The summed E-state index contributed by atoms with van der Waals surface area (Å²) in [7, 11) is 0. The second-order valence-electron chi connectivity index (χ2n) is 15.0. The standard InChI is InChI=1S/C39H50O8/c1-21(2)10-9-11-23(5)13-15-26-32(41)27(14-12-22(3)4)35-31(33(26)42)34(43)28-18-25-19-30-37(7,8)47-38(20-29(25)40,39(28,30)46-35)17-16-24(6)36(44)45/h10,12-13,16,18,25,29-30,40-42H,9,11,14-15,17,19-20H2,1-8H3,(H,44,45)/b23-13+,24-16+. The Morgan fingerprint density at radius 1 is 0.957 bits per heavy atom. The first-order valence-electron chi connectivity index (χ1n) is 16.7. The van der Waals surface area contributed by atoms with Crippen molar-refractivity contribution < 1.29 is 39.5 Å². The van der Waals surface area contributed by atoms with Gasteiger partial charge in [0.2, 0.25) is 0 Å². The SMILES string of the molecule is CC(C)=CCC/C(C)=C/Cc1c(O)c(CC=C(C)C)c2c(c1O)C(=O)C1=CC3CC4C(C)(C)OC(C/C=C(\C)C(=O)O)(CC3O)C14O2. The van der Waals surface area contributed by atoms with Crippen LogP contribution in [0.25, 0.3) is 0 Å². The van der Waals surface area contributed by atoms with Crippen LogP contribution in [0.1, 0.15) is 109 Å². The van der Waals surface area contributed by atoms with E-state index in [1.807, 2.05) is 46.8 Å². The molecular weight excluding hydrogens is 596 g/mol. The highest BCUT2D eigenvalue weighted by atomic mass is 16.6. The minimum Gasteiger partial charge on any atom is -0.507 e. The largest absolute Gasteiger partial charge is 0.507 e. The molecule has 2 heterocycles. The lowest BCUT2D eigenvalue weighted by Gasteiger charge is -2.50. The van der Waals surface area contributed by atoms with Gasteiger partial charge in [0, 0.05) is 40.5 Å². The molecule has 0 radical (unpaired) electrons. The van der Waals surface area contributed by atoms with Gasteiger partial charge in [-0.3, -0.25) is 4.79 Å². The Hall–Kier alpha value is -3.62. The predicted molar refractivity (Wildman–Crippen MR) is 181 cm³/mol. The number of carbonyl (C=O) groups excluding carboxylic acids is 1. The summed E-state index contributed by atoms with van der Waals surface area (Å²) in [5, 5.41) is 44.7. The maximum atomic E-state index is 14.9. The summed E-state index contributed by atoms with van der Waals surface area (Å²) >= 11 is 0. The molecule has 2 fully saturated rings. The van der Waals surface area contributed by atoms with E-state index in [9.17, 15) is 30.0 Å². The Balaban J connectivity index is 1.73. The number of aromatic hydroxyl groups is 2. The molecule has 8 nitrogen and oxygen atoms in total. The molecule has 0 aromatic heterocycles. The fraction of sp³-hybridized carbons (Fsp3) is 0.538. The van der Waals surface area contributed by atoms with Crippen molar-refractivity contribution in [2.24, 2.45) is 11.8 Å². The number of aliphatic carboxylic acids is 1. The monoisotopic (exact) mass is 646 g/mol. The molecule has 5 unspecified atom stereocenters. The summed E-state index contributed by atoms with van der Waals surface area (Å²) in [6, 6.07) is 0. The fourth-order valence-corrected chi connectivity index (χ4v) is 8.20. The molecule has 0 amide bonds. The summed E-state index contributed by atoms with van der Waals surface area (Å²) < 4.78 is 14.0. The molecule has 8 heteroatoms. The van der Waals surface area contributed by atoms with E-state index >= 15 is 0 Å². The van der Waals surface area contributed by atoms with E-state index < -0.39 is 34.7 Å². The van der Waals surface area contributed by atoms with Crippen molar-refractivity contribution in [3.05, 3.63) is 74.9 Å². The van der Waals surface area contributed by atoms with Gasteiger partial charge in [0.15, 0.2) is 11.4 Å². The molecule has 6 rings (SSSR count). The number of benzene rings is 1. The molecule has 1 aromatic rings. The number of hydrogen-bond acceptors (Lipinski definition) is 7. The fourth-order valence-electron chi connectivity index (χ4n) is 8.20. The summed E-state index contributed by atoms with van der Waals surface area (Å²) in [4.78, 5) is 26.7. The second kappa shape index (κ2) is 12.4. The molecule has 1 saturated carbocycles. The maximum Gasteiger partial charge on any atom is 0.330 e. The van der Waals surface area contributed by atoms with Gasteiger partial charge in [0.1, 0.15) is 28.4 Å². The molecular formula is C39H50O8. The molecule has 5 aliphatic rings. The first-order chi connectivity index (χ1) is 22.0. The van der Waals surface area contributed by atoms with Crippen molar-refractivity contribution in [3.63, 3.8) is 0 Å². The van der Waals surface area contributed by atoms with Crippen molar-refractivity contribution in [1.82, 2.24) is 0 Å². The highest BCUT2D eigenvalue weighted by molar-refractivity contribution is 6.16. The van der Waals surface area contributed by atoms with Crippen molar-refractivity contribution in [1.29, 1.82) is 0 Å². The molecule has 5 atom stereocenters. The third kappa shape index (κ3) is 5.78. The normalized spacial score (nSPS) is 28.9. The van der Waals surface area contributed by atoms with Crippen LogP contribution in [0.2, 0.25) is 0 Å². The van der Waals surface area contributed by atoms with Crippen molar-refractivity contribution in [3.8, 4) is 17.2 Å². The molecule has 1 aromatic carbocycles. The Kier molecular flexibility index (Phi) is 9.19. The number of fused-ring (bicyclic) bond motifs is 2. The van der Waals surface area contributed by atoms with E-state index in [1.54, 1.807) is 12.2 Å². The summed E-state index contributed by atoms with van der Waals surface area (Å²) in [5.74, 6) is -2.51. The minimum absolute atomic E-state index is 0.00841. The Morgan fingerprint density at radius 3 is 2.26 bits per heavy atom. The van der Waals surface area contributed by atoms with Gasteiger partial charge in [0.05, 0.1) is 11.7 Å². The molecule has 2 aliphatic heterocycles. The summed E-state index contributed by atoms with van der Waals surface area (Å²) in [5.41, 5.74) is 1.02. The first-order valence-corrected chi connectivity index (χ1v) is 16.7. The predicted octanol–water partition coefficient (Wildman–Crippen LogP) is 7.45. The van der Waals surface area contributed by atoms with Crippen molar-refractivity contribution in [2.45, 2.75) is 123 Å². The maximum absolute atomic E-state index is 14.9. The molecule has 4 bridgehead atoms. The first kappa shape index (κ1) is 34.7. The average Bonchev–Trinajstić information content (AvgIpc) is 3.03. The number of carboxylic acids is 1. The average molecular weight is 647 g/mol. The van der Waals surface area contributed by atoms with E-state index in [4.69, 9.17) is 9.47 Å². The van der Waals surface area contributed by atoms with Gasteiger partial charge in [-0.25, -0.2) is 4.79 Å². The van der Waals surface area contributed by atoms with E-state index in [2.05, 4.69) is 19.9 Å². The van der Waals surface area contributed by atoms with E-state index in [-0.39, 0.29) is 71.5 Å². The summed E-state index contributed by atoms with van der Waals surface area (Å²) in [6.07, 6.45) is 11.5. The van der Waals surface area contributed by atoms with Crippen molar-refractivity contribution in [2.75, 3.05) is 0 Å². The van der Waals surface area contributed by atoms with Crippen molar-refractivity contribution >= 4 is 11.8 Å². The molecule has 254 valence electrons. The zero-order valence-corrected chi connectivity index (χ0v) is 29.0. The van der Waals surface area contributed by atoms with Crippen LogP contribution in [0.4, 0.5) is 0 Å². The quantitative estimate of drug-likeness (QED) is 0.152. The van der Waals surface area contributed by atoms with E-state index in [0.717, 1.165) is 24.0 Å². The zero-order chi connectivity index (χ0) is 34.6. The topological polar surface area (TPSA) is 134 Å². The number of ether oxygens (including phenoxy) is 2. The molecule has 1 spiro atoms. The lowest BCUT2D eigenvalue weighted by molar-refractivity contribution is -0.146. The van der Waals surface area contributed by atoms with Crippen LogP contribution in [-0.4, -0.2) is 55.1 Å². The smallest absolute Gasteiger partial charge is 0.330 e. The molecule has 47 heavy (non-hydrogen) atoms. The number of ketones is 1. The van der Waals surface area contributed by atoms with Gasteiger partial charge < -0.3 is 29.9 Å². The number of aliphatic hydroxyl groups excluding tert-OH is 1. The number of allylic oxidation sites excluding steroid dienone is 6. The van der Waals surface area contributed by atoms with Crippen LogP contribution in [-0.2, 0) is 22.4 Å². The number of phenolic OH excluding ortho intramolecular Hbond substituents is 2. The van der Waals surface area contributed by atoms with Crippen LogP contribution in [0.15, 0.2) is 58.2 Å². The second-order valence-corrected chi connectivity index (χ2v) is 15.0. The van der Waals surface area contributed by atoms with Crippen LogP contribution >= 0.6 is 0 Å². The van der Waals surface area contributed by atoms with Gasteiger partial charge in [-0.1, -0.05) is 47.1 Å². The summed E-state index contributed by atoms with van der Waals surface area (Å²) in [6.45, 7) is 15.4.